The van der Waals surface area contributed by atoms with Gasteiger partial charge in [0.05, 0.1) is 14.2 Å². The summed E-state index contributed by atoms with van der Waals surface area (Å²) < 4.78 is 23.4. The van der Waals surface area contributed by atoms with Crippen LogP contribution in [0.3, 0.4) is 0 Å². The summed E-state index contributed by atoms with van der Waals surface area (Å²) >= 11 is 14.4. The van der Waals surface area contributed by atoms with Gasteiger partial charge in [0.25, 0.3) is 0 Å². The Labute approximate surface area is 311 Å². The van der Waals surface area contributed by atoms with Crippen LogP contribution < -0.4 is 14.5 Å². The fraction of sp³-hybridized carbons (Fsp3) is 0.395. The second kappa shape index (κ2) is 16.3. The number of esters is 2. The van der Waals surface area contributed by atoms with Crippen molar-refractivity contribution in [2.24, 2.45) is 5.92 Å². The molecule has 0 saturated carbocycles. The number of rotatable bonds is 11. The first-order valence-electron chi connectivity index (χ1n) is 16.9. The molecule has 2 bridgehead atoms. The van der Waals surface area contributed by atoms with Crippen LogP contribution in [0, 0.1) is 5.92 Å². The molecule has 10 nitrogen and oxygen atoms in total. The van der Waals surface area contributed by atoms with Crippen molar-refractivity contribution in [3.63, 3.8) is 0 Å². The number of nitrogens with zero attached hydrogens (tertiary/aromatic N) is 2. The topological polar surface area (TPSA) is 122 Å². The van der Waals surface area contributed by atoms with Gasteiger partial charge in [-0.2, -0.15) is 0 Å². The molecule has 3 saturated heterocycles. The summed E-state index contributed by atoms with van der Waals surface area (Å²) in [6.45, 7) is 4.18. The lowest BCUT2D eigenvalue weighted by molar-refractivity contribution is -0.377. The smallest absolute Gasteiger partial charge is 0.348 e. The third-order valence-electron chi connectivity index (χ3n) is 10.1. The van der Waals surface area contributed by atoms with E-state index in [2.05, 4.69) is 20.9 Å². The Balaban J connectivity index is 0.00000448. The average molecular weight is 755 g/mol. The van der Waals surface area contributed by atoms with Gasteiger partial charge in [0.15, 0.2) is 23.9 Å². The van der Waals surface area contributed by atoms with E-state index in [9.17, 15) is 9.59 Å². The monoisotopic (exact) mass is 753 g/mol. The summed E-state index contributed by atoms with van der Waals surface area (Å²) in [6.07, 6.45) is 5.71. The molecule has 51 heavy (non-hydrogen) atoms. The number of ether oxygens (including phenoxy) is 4. The first kappa shape index (κ1) is 37.1. The fourth-order valence-electron chi connectivity index (χ4n) is 7.42. The number of hydrogen-bond acceptors (Lipinski definition) is 10. The first-order valence-corrected chi connectivity index (χ1v) is 18.5. The highest BCUT2D eigenvalue weighted by Crippen LogP contribution is 2.38. The summed E-state index contributed by atoms with van der Waals surface area (Å²) in [5.41, 5.74) is 3.51. The molecule has 4 aromatic rings. The lowest BCUT2D eigenvalue weighted by Gasteiger charge is -2.45. The summed E-state index contributed by atoms with van der Waals surface area (Å²) in [6, 6.07) is 16.7. The molecule has 0 amide bonds. The zero-order valence-corrected chi connectivity index (χ0v) is 30.8. The van der Waals surface area contributed by atoms with Crippen LogP contribution in [-0.4, -0.2) is 73.7 Å². The van der Waals surface area contributed by atoms with Crippen LogP contribution in [0.25, 0.3) is 0 Å². The van der Waals surface area contributed by atoms with E-state index < -0.39 is 18.1 Å². The predicted molar refractivity (Wildman–Crippen MR) is 193 cm³/mol. The number of hydrogen-bond donors (Lipinski definition) is 0. The molecule has 2 aromatic carbocycles. The summed E-state index contributed by atoms with van der Waals surface area (Å²) in [4.78, 5) is 36.6. The van der Waals surface area contributed by atoms with Crippen molar-refractivity contribution in [2.45, 2.75) is 50.5 Å². The van der Waals surface area contributed by atoms with Gasteiger partial charge in [-0.15, -0.1) is 11.3 Å². The minimum Gasteiger partial charge on any atom is -0.870 e. The van der Waals surface area contributed by atoms with E-state index in [-0.39, 0.29) is 24.0 Å². The quantitative estimate of drug-likeness (QED) is 0.156. The number of H-pyrrole nitrogens is 1. The number of fused-ring (bicyclic) bond motifs is 4. The van der Waals surface area contributed by atoms with Crippen molar-refractivity contribution >= 4 is 46.5 Å². The number of methoxy groups -OCH3 is 2. The van der Waals surface area contributed by atoms with Gasteiger partial charge < -0.3 is 24.4 Å². The van der Waals surface area contributed by atoms with Gasteiger partial charge in [-0.3, -0.25) is 9.80 Å². The van der Waals surface area contributed by atoms with Gasteiger partial charge in [-0.25, -0.2) is 14.6 Å². The number of piperidine rings is 3. The highest BCUT2D eigenvalue weighted by Gasteiger charge is 2.40. The van der Waals surface area contributed by atoms with E-state index in [4.69, 9.17) is 42.1 Å². The first-order chi connectivity index (χ1) is 24.3. The number of carbonyl (C=O) groups excluding carboxylic acids is 2. The second-order valence-electron chi connectivity index (χ2n) is 13.0. The minimum atomic E-state index is -0.727. The maximum absolute atomic E-state index is 14.0. The Kier molecular flexibility index (Phi) is 11.9. The molecule has 270 valence electrons. The van der Waals surface area contributed by atoms with E-state index in [0.717, 1.165) is 49.3 Å². The van der Waals surface area contributed by atoms with Crippen LogP contribution in [0.1, 0.15) is 61.8 Å². The number of aromatic nitrogens is 1. The van der Waals surface area contributed by atoms with Gasteiger partial charge in [-0.1, -0.05) is 53.5 Å². The number of pyridine rings is 1. The molecule has 4 aliphatic heterocycles. The number of benzene rings is 2. The molecule has 1 unspecified atom stereocenters. The zero-order valence-electron chi connectivity index (χ0n) is 28.5. The van der Waals surface area contributed by atoms with E-state index in [1.165, 1.54) is 16.9 Å². The molecule has 4 aliphatic rings. The van der Waals surface area contributed by atoms with Gasteiger partial charge in [0.1, 0.15) is 33.2 Å². The summed E-state index contributed by atoms with van der Waals surface area (Å²) in [7, 11) is 3.12. The Morgan fingerprint density at radius 3 is 2.41 bits per heavy atom. The van der Waals surface area contributed by atoms with Crippen molar-refractivity contribution in [1.29, 1.82) is 0 Å². The van der Waals surface area contributed by atoms with E-state index in [0.29, 0.717) is 56.6 Å². The van der Waals surface area contributed by atoms with Crippen LogP contribution in [0.5, 0.6) is 11.5 Å². The van der Waals surface area contributed by atoms with Crippen molar-refractivity contribution in [1.82, 2.24) is 9.80 Å². The van der Waals surface area contributed by atoms with Crippen molar-refractivity contribution in [3.05, 3.63) is 109 Å². The third-order valence-corrected chi connectivity index (χ3v) is 11.8. The standard InChI is InChI=1S/C38H39Cl2N3O6S.H2O/c1-46-31-9-7-25(17-33(31)47-2)32(18-28-29(39)19-41-20-30(28)40)48-37(44)35-10-8-26(50-35)21-43-16-13-23-5-3-4-6-27(23)36(43)38(45)49-34-22-42-14-11-24(34)12-15-42;/h3-10,17,19-20,24,32,34,36H,11-16,18,21-22H2,1-2H3;1H2/t32-,34-,36?;/m0./s1. The van der Waals surface area contributed by atoms with Gasteiger partial charge >= 0.3 is 11.9 Å². The molecule has 2 N–H and O–H groups in total. The Hall–Kier alpha value is -3.71. The van der Waals surface area contributed by atoms with Crippen LogP contribution >= 0.6 is 34.5 Å². The molecular formula is C38H41Cl2N3O7S. The minimum absolute atomic E-state index is 0. The van der Waals surface area contributed by atoms with Gasteiger partial charge in [-0.05, 0) is 79.2 Å². The molecule has 6 heterocycles. The number of halogens is 2. The van der Waals surface area contributed by atoms with E-state index in [1.807, 2.05) is 30.3 Å². The van der Waals surface area contributed by atoms with Crippen LogP contribution in [0.4, 0.5) is 0 Å². The highest BCUT2D eigenvalue weighted by molar-refractivity contribution is 7.13. The maximum Gasteiger partial charge on any atom is 0.348 e. The molecule has 0 radical (unpaired) electrons. The predicted octanol–water partition coefficient (Wildman–Crippen LogP) is 6.59. The summed E-state index contributed by atoms with van der Waals surface area (Å²) in [5.74, 6) is 0.824. The second-order valence-corrected chi connectivity index (χ2v) is 15.0. The number of thiophene rings is 1. The SMILES string of the molecule is COc1ccc([C@H](Cc2c(Cl)c[nH+]cc2Cl)OC(=O)c2ccc(CN3CCc4ccccc4C3C(=O)O[C@H]3CN4CCC3CC4)s2)cc1OC.[OH-]. The number of carbonyl (C=O) groups is 2. The van der Waals surface area contributed by atoms with Crippen LogP contribution in [-0.2, 0) is 33.7 Å². The van der Waals surface area contributed by atoms with Crippen LogP contribution in [0.15, 0.2) is 67.0 Å². The van der Waals surface area contributed by atoms with E-state index >= 15 is 0 Å². The molecule has 0 spiro atoms. The Bertz CT molecular complexity index is 1840. The lowest BCUT2D eigenvalue weighted by Crippen LogP contribution is -2.53. The molecule has 8 rings (SSSR count). The number of nitrogens with one attached hydrogen (secondary N) is 1. The molecule has 2 aromatic heterocycles. The Morgan fingerprint density at radius 1 is 0.961 bits per heavy atom. The fourth-order valence-corrected chi connectivity index (χ4v) is 8.87. The zero-order chi connectivity index (χ0) is 34.8. The van der Waals surface area contributed by atoms with Crippen LogP contribution in [0.2, 0.25) is 10.0 Å². The van der Waals surface area contributed by atoms with Gasteiger partial charge in [0.2, 0.25) is 0 Å². The molecule has 3 atom stereocenters. The lowest BCUT2D eigenvalue weighted by atomic mass is 9.85. The molecule has 0 aliphatic carbocycles. The third kappa shape index (κ3) is 8.04. The normalized spacial score (nSPS) is 21.6. The number of aromatic amines is 1. The molecule has 3 fully saturated rings. The van der Waals surface area contributed by atoms with E-state index in [1.54, 1.807) is 44.8 Å². The molecular weight excluding hydrogens is 713 g/mol. The largest absolute Gasteiger partial charge is 0.870 e. The Morgan fingerprint density at radius 2 is 1.71 bits per heavy atom. The highest BCUT2D eigenvalue weighted by atomic mass is 35.5. The maximum atomic E-state index is 14.0. The van der Waals surface area contributed by atoms with Crippen molar-refractivity contribution in [3.8, 4) is 11.5 Å². The van der Waals surface area contributed by atoms with Crippen molar-refractivity contribution < 1.29 is 39.0 Å². The summed E-state index contributed by atoms with van der Waals surface area (Å²) in [5, 5.41) is 0.865. The molecule has 13 heteroatoms. The average Bonchev–Trinajstić information content (AvgIpc) is 3.61. The van der Waals surface area contributed by atoms with Crippen molar-refractivity contribution in [2.75, 3.05) is 40.4 Å². The van der Waals surface area contributed by atoms with Gasteiger partial charge in [0, 0.05) is 36.5 Å².